The van der Waals surface area contributed by atoms with Gasteiger partial charge >= 0.3 is 6.03 Å². The molecule has 26 heavy (non-hydrogen) atoms. The molecule has 0 spiro atoms. The fourth-order valence-electron chi connectivity index (χ4n) is 3.41. The number of quaternary nitrogens is 1. The SMILES string of the molecule is CC[C@]1(c2ccccc2)NC(=O)N(C[NH+](C)Cc2ccc(F)cc2)C1=O. The van der Waals surface area contributed by atoms with Crippen molar-refractivity contribution in [3.8, 4) is 0 Å². The number of urea groups is 1. The van der Waals surface area contributed by atoms with Crippen molar-refractivity contribution in [3.05, 3.63) is 71.5 Å². The molecule has 1 fully saturated rings. The maximum atomic E-state index is 13.1. The highest BCUT2D eigenvalue weighted by atomic mass is 19.1. The number of carbonyl (C=O) groups excluding carboxylic acids is 2. The van der Waals surface area contributed by atoms with E-state index in [9.17, 15) is 14.0 Å². The second-order valence-electron chi connectivity index (χ2n) is 6.71. The van der Waals surface area contributed by atoms with E-state index in [0.717, 1.165) is 16.0 Å². The minimum absolute atomic E-state index is 0.227. The van der Waals surface area contributed by atoms with Gasteiger partial charge in [0, 0.05) is 5.56 Å². The van der Waals surface area contributed by atoms with Crippen LogP contribution in [0, 0.1) is 5.82 Å². The van der Waals surface area contributed by atoms with Crippen molar-refractivity contribution in [3.63, 3.8) is 0 Å². The Morgan fingerprint density at radius 3 is 2.35 bits per heavy atom. The molecule has 6 heteroatoms. The van der Waals surface area contributed by atoms with Crippen LogP contribution in [0.25, 0.3) is 0 Å². The molecule has 1 heterocycles. The number of carbonyl (C=O) groups is 2. The smallest absolute Gasteiger partial charge is 0.319 e. The maximum absolute atomic E-state index is 13.1. The summed E-state index contributed by atoms with van der Waals surface area (Å²) in [7, 11) is 1.90. The molecule has 1 saturated heterocycles. The van der Waals surface area contributed by atoms with Crippen LogP contribution >= 0.6 is 0 Å². The molecule has 3 rings (SSSR count). The summed E-state index contributed by atoms with van der Waals surface area (Å²) in [6.07, 6.45) is 0.481. The second-order valence-corrected chi connectivity index (χ2v) is 6.71. The lowest BCUT2D eigenvalue weighted by Crippen LogP contribution is -3.09. The molecule has 5 nitrogen and oxygen atoms in total. The van der Waals surface area contributed by atoms with Crippen LogP contribution in [0.3, 0.4) is 0 Å². The largest absolute Gasteiger partial charge is 0.329 e. The van der Waals surface area contributed by atoms with E-state index in [1.807, 2.05) is 44.3 Å². The molecule has 2 aromatic carbocycles. The molecule has 0 bridgehead atoms. The number of rotatable bonds is 6. The zero-order valence-corrected chi connectivity index (χ0v) is 15.0. The first-order chi connectivity index (χ1) is 12.5. The van der Waals surface area contributed by atoms with Gasteiger partial charge in [0.25, 0.3) is 5.91 Å². The molecule has 1 aliphatic heterocycles. The Balaban J connectivity index is 1.75. The Bertz CT molecular complexity index is 794. The predicted octanol–water partition coefficient (Wildman–Crippen LogP) is 1.66. The fourth-order valence-corrected chi connectivity index (χ4v) is 3.41. The lowest BCUT2D eigenvalue weighted by atomic mass is 9.87. The molecule has 1 aliphatic rings. The molecule has 0 aliphatic carbocycles. The highest BCUT2D eigenvalue weighted by Crippen LogP contribution is 2.31. The number of benzene rings is 2. The number of amides is 3. The van der Waals surface area contributed by atoms with Crippen molar-refractivity contribution in [2.75, 3.05) is 13.7 Å². The van der Waals surface area contributed by atoms with Crippen LogP contribution in [0.5, 0.6) is 0 Å². The van der Waals surface area contributed by atoms with Gasteiger partial charge in [0.05, 0.1) is 7.05 Å². The van der Waals surface area contributed by atoms with E-state index in [1.54, 1.807) is 12.1 Å². The number of hydrogen-bond donors (Lipinski definition) is 2. The summed E-state index contributed by atoms with van der Waals surface area (Å²) in [5.41, 5.74) is 0.731. The summed E-state index contributed by atoms with van der Waals surface area (Å²) in [5, 5.41) is 2.88. The summed E-state index contributed by atoms with van der Waals surface area (Å²) in [6.45, 7) is 2.72. The van der Waals surface area contributed by atoms with Crippen molar-refractivity contribution < 1.29 is 18.9 Å². The number of hydrogen-bond acceptors (Lipinski definition) is 2. The first-order valence-corrected chi connectivity index (χ1v) is 8.71. The van der Waals surface area contributed by atoms with Crippen LogP contribution in [0.15, 0.2) is 54.6 Å². The third-order valence-corrected chi connectivity index (χ3v) is 4.82. The molecular formula is C20H23FN3O2+. The lowest BCUT2D eigenvalue weighted by Gasteiger charge is -2.26. The molecule has 0 aromatic heterocycles. The Morgan fingerprint density at radius 2 is 1.73 bits per heavy atom. The number of nitrogens with one attached hydrogen (secondary N) is 2. The number of halogens is 1. The Hall–Kier alpha value is -2.73. The Morgan fingerprint density at radius 1 is 1.08 bits per heavy atom. The van der Waals surface area contributed by atoms with Crippen LogP contribution in [-0.2, 0) is 16.9 Å². The van der Waals surface area contributed by atoms with Gasteiger partial charge in [-0.25, -0.2) is 14.1 Å². The van der Waals surface area contributed by atoms with Crippen LogP contribution in [-0.4, -0.2) is 30.6 Å². The van der Waals surface area contributed by atoms with E-state index in [2.05, 4.69) is 5.32 Å². The lowest BCUT2D eigenvalue weighted by molar-refractivity contribution is -0.901. The molecule has 2 N–H and O–H groups in total. The van der Waals surface area contributed by atoms with Gasteiger partial charge in [0.15, 0.2) is 6.67 Å². The molecule has 2 aromatic rings. The summed E-state index contributed by atoms with van der Waals surface area (Å²) in [5.74, 6) is -0.509. The minimum Gasteiger partial charge on any atom is -0.319 e. The predicted molar refractivity (Wildman–Crippen MR) is 95.6 cm³/mol. The standard InChI is InChI=1S/C20H22FN3O2/c1-3-20(16-7-5-4-6-8-16)18(25)24(19(26)22-20)14-23(2)13-15-9-11-17(21)12-10-15/h4-12H,3,13-14H2,1-2H3,(H,22,26)/p+1/t20-/m1/s1. The van der Waals surface area contributed by atoms with E-state index in [0.29, 0.717) is 13.0 Å². The normalized spacial score (nSPS) is 21.0. The van der Waals surface area contributed by atoms with Crippen molar-refractivity contribution in [2.45, 2.75) is 25.4 Å². The van der Waals surface area contributed by atoms with Gasteiger partial charge in [0.1, 0.15) is 17.9 Å². The van der Waals surface area contributed by atoms with Gasteiger partial charge in [-0.05, 0) is 24.1 Å². The van der Waals surface area contributed by atoms with Gasteiger partial charge in [-0.1, -0.05) is 49.4 Å². The Labute approximate surface area is 152 Å². The van der Waals surface area contributed by atoms with Gasteiger partial charge < -0.3 is 10.2 Å². The van der Waals surface area contributed by atoms with E-state index in [1.165, 1.54) is 17.0 Å². The number of imide groups is 1. The molecule has 0 saturated carbocycles. The first kappa shape index (κ1) is 18.1. The van der Waals surface area contributed by atoms with Gasteiger partial charge in [-0.2, -0.15) is 0 Å². The highest BCUT2D eigenvalue weighted by molar-refractivity contribution is 6.07. The van der Waals surface area contributed by atoms with Crippen LogP contribution in [0.4, 0.5) is 9.18 Å². The highest BCUT2D eigenvalue weighted by Gasteiger charge is 2.52. The molecule has 3 amide bonds. The monoisotopic (exact) mass is 356 g/mol. The van der Waals surface area contributed by atoms with Crippen LogP contribution < -0.4 is 10.2 Å². The van der Waals surface area contributed by atoms with Gasteiger partial charge in [-0.3, -0.25) is 4.79 Å². The summed E-state index contributed by atoms with van der Waals surface area (Å²) in [6, 6.07) is 15.2. The maximum Gasteiger partial charge on any atom is 0.329 e. The van der Waals surface area contributed by atoms with Gasteiger partial charge in [-0.15, -0.1) is 0 Å². The third kappa shape index (κ3) is 3.32. The zero-order chi connectivity index (χ0) is 18.7. The molecule has 136 valence electrons. The molecule has 1 unspecified atom stereocenters. The van der Waals surface area contributed by atoms with Gasteiger partial charge in [0.2, 0.25) is 0 Å². The quantitative estimate of drug-likeness (QED) is 0.774. The fraction of sp³-hybridized carbons (Fsp3) is 0.300. The summed E-state index contributed by atoms with van der Waals surface area (Å²) in [4.78, 5) is 27.8. The second kappa shape index (κ2) is 7.25. The minimum atomic E-state index is -1.01. The first-order valence-electron chi connectivity index (χ1n) is 8.71. The molecular weight excluding hydrogens is 333 g/mol. The summed E-state index contributed by atoms with van der Waals surface area (Å²) < 4.78 is 13.0. The average molecular weight is 356 g/mol. The zero-order valence-electron chi connectivity index (χ0n) is 15.0. The van der Waals surface area contributed by atoms with Crippen LogP contribution in [0.1, 0.15) is 24.5 Å². The summed E-state index contributed by atoms with van der Waals surface area (Å²) >= 11 is 0. The number of nitrogens with zero attached hydrogens (tertiary/aromatic N) is 1. The molecule has 2 atom stereocenters. The van der Waals surface area contributed by atoms with Crippen molar-refractivity contribution >= 4 is 11.9 Å². The van der Waals surface area contributed by atoms with Crippen molar-refractivity contribution in [2.24, 2.45) is 0 Å². The van der Waals surface area contributed by atoms with E-state index >= 15 is 0 Å². The average Bonchev–Trinajstić information content (AvgIpc) is 2.89. The van der Waals surface area contributed by atoms with Crippen molar-refractivity contribution in [1.29, 1.82) is 0 Å². The Kier molecular flexibility index (Phi) is 5.04. The topological polar surface area (TPSA) is 53.9 Å². The van der Waals surface area contributed by atoms with E-state index in [-0.39, 0.29) is 24.4 Å². The third-order valence-electron chi connectivity index (χ3n) is 4.82. The van der Waals surface area contributed by atoms with Crippen molar-refractivity contribution in [1.82, 2.24) is 10.2 Å². The van der Waals surface area contributed by atoms with E-state index < -0.39 is 5.54 Å². The molecule has 0 radical (unpaired) electrons. The van der Waals surface area contributed by atoms with E-state index in [4.69, 9.17) is 0 Å². The van der Waals surface area contributed by atoms with Crippen LogP contribution in [0.2, 0.25) is 0 Å².